The summed E-state index contributed by atoms with van der Waals surface area (Å²) in [6.07, 6.45) is 2.72. The molecular formula is C30H31N3O5S. The number of nitrogens with zero attached hydrogens (tertiary/aromatic N) is 2. The number of hydrogen-bond donors (Lipinski definition) is 1. The second-order valence-corrected chi connectivity index (χ2v) is 11.7. The number of nitrogens with one attached hydrogen (secondary N) is 1. The molecule has 4 aromatic rings. The minimum atomic E-state index is -3.85. The smallest absolute Gasteiger partial charge is 0.297 e. The zero-order valence-corrected chi connectivity index (χ0v) is 23.2. The minimum absolute atomic E-state index is 0.0401. The summed E-state index contributed by atoms with van der Waals surface area (Å²) < 4.78 is 41.3. The maximum absolute atomic E-state index is 12.5. The molecule has 0 radical (unpaired) electrons. The predicted molar refractivity (Wildman–Crippen MR) is 150 cm³/mol. The van der Waals surface area contributed by atoms with Crippen LogP contribution in [0.1, 0.15) is 30.5 Å². The van der Waals surface area contributed by atoms with Crippen molar-refractivity contribution >= 4 is 21.8 Å². The van der Waals surface area contributed by atoms with Crippen molar-refractivity contribution in [1.82, 2.24) is 9.97 Å². The Morgan fingerprint density at radius 3 is 2.59 bits per heavy atom. The van der Waals surface area contributed by atoms with Crippen molar-refractivity contribution in [3.05, 3.63) is 89.6 Å². The van der Waals surface area contributed by atoms with E-state index in [0.717, 1.165) is 34.7 Å². The van der Waals surface area contributed by atoms with Crippen molar-refractivity contribution in [3.63, 3.8) is 0 Å². The highest BCUT2D eigenvalue weighted by molar-refractivity contribution is 7.86. The first-order chi connectivity index (χ1) is 18.7. The molecule has 0 atom stereocenters. The van der Waals surface area contributed by atoms with E-state index in [4.69, 9.17) is 18.6 Å². The normalized spacial score (nSPS) is 13.7. The van der Waals surface area contributed by atoms with Gasteiger partial charge in [-0.25, -0.2) is 9.97 Å². The van der Waals surface area contributed by atoms with Gasteiger partial charge >= 0.3 is 0 Å². The molecule has 1 aliphatic carbocycles. The second-order valence-electron chi connectivity index (χ2n) is 10.1. The van der Waals surface area contributed by atoms with E-state index in [1.165, 1.54) is 11.6 Å². The first-order valence-corrected chi connectivity index (χ1v) is 14.1. The zero-order valence-electron chi connectivity index (χ0n) is 22.4. The summed E-state index contributed by atoms with van der Waals surface area (Å²) >= 11 is 0. The van der Waals surface area contributed by atoms with Gasteiger partial charge in [0.1, 0.15) is 24.7 Å². The number of rotatable bonds is 9. The van der Waals surface area contributed by atoms with Crippen molar-refractivity contribution < 1.29 is 22.1 Å². The van der Waals surface area contributed by atoms with E-state index in [1.807, 2.05) is 30.5 Å². The van der Waals surface area contributed by atoms with Gasteiger partial charge in [-0.2, -0.15) is 8.42 Å². The lowest BCUT2D eigenvalue weighted by Gasteiger charge is -2.33. The second kappa shape index (κ2) is 10.7. The molecule has 0 saturated carbocycles. The van der Waals surface area contributed by atoms with E-state index >= 15 is 0 Å². The number of ether oxygens (including phenoxy) is 2. The third-order valence-corrected chi connectivity index (χ3v) is 8.23. The molecule has 0 spiro atoms. The van der Waals surface area contributed by atoms with E-state index in [9.17, 15) is 8.42 Å². The molecule has 202 valence electrons. The molecule has 8 nitrogen and oxygen atoms in total. The van der Waals surface area contributed by atoms with Crippen LogP contribution in [0, 0.1) is 6.92 Å². The number of hydrogen-bond acceptors (Lipinski definition) is 8. The molecule has 3 aromatic carbocycles. The number of benzene rings is 3. The molecule has 0 amide bonds. The summed E-state index contributed by atoms with van der Waals surface area (Å²) in [7, 11) is -2.19. The van der Waals surface area contributed by atoms with Crippen LogP contribution >= 0.6 is 0 Å². The van der Waals surface area contributed by atoms with E-state index in [-0.39, 0.29) is 23.5 Å². The third kappa shape index (κ3) is 5.74. The van der Waals surface area contributed by atoms with E-state index in [0.29, 0.717) is 17.3 Å². The van der Waals surface area contributed by atoms with Gasteiger partial charge in [0.05, 0.1) is 17.7 Å². The summed E-state index contributed by atoms with van der Waals surface area (Å²) in [5, 5.41) is 3.26. The van der Waals surface area contributed by atoms with Crippen LogP contribution in [0.25, 0.3) is 11.3 Å². The molecular weight excluding hydrogens is 514 g/mol. The molecule has 0 bridgehead atoms. The standard InChI is InChI=1S/C30H31N3O5S/c1-20-8-5-6-11-27(20)39(34,35)38-15-14-37-24-10-7-9-22(16-24)32-29-31-19-21-18-30(2,3)26-13-12-23(36-4)17-25(26)28(21)33-29/h5-13,16-17,19H,14-15,18H2,1-4H3,(H,31,32,33). The summed E-state index contributed by atoms with van der Waals surface area (Å²) in [5.74, 6) is 1.81. The first kappa shape index (κ1) is 26.6. The van der Waals surface area contributed by atoms with Gasteiger partial charge in [0.2, 0.25) is 5.95 Å². The van der Waals surface area contributed by atoms with Gasteiger partial charge in [-0.3, -0.25) is 4.18 Å². The molecule has 0 fully saturated rings. The lowest BCUT2D eigenvalue weighted by atomic mass is 9.72. The van der Waals surface area contributed by atoms with Gasteiger partial charge in [0.15, 0.2) is 0 Å². The molecule has 1 heterocycles. The highest BCUT2D eigenvalue weighted by Gasteiger charge is 2.32. The van der Waals surface area contributed by atoms with Gasteiger partial charge in [-0.05, 0) is 65.8 Å². The Hall–Kier alpha value is -3.95. The average molecular weight is 546 g/mol. The van der Waals surface area contributed by atoms with Gasteiger partial charge in [-0.1, -0.05) is 44.2 Å². The fourth-order valence-corrected chi connectivity index (χ4v) is 5.96. The quantitative estimate of drug-likeness (QED) is 0.207. The van der Waals surface area contributed by atoms with Crippen molar-refractivity contribution in [1.29, 1.82) is 0 Å². The predicted octanol–water partition coefficient (Wildman–Crippen LogP) is 5.82. The van der Waals surface area contributed by atoms with Gasteiger partial charge < -0.3 is 14.8 Å². The van der Waals surface area contributed by atoms with Crippen molar-refractivity contribution in [2.45, 2.75) is 37.5 Å². The Kier molecular flexibility index (Phi) is 7.29. The lowest BCUT2D eigenvalue weighted by Crippen LogP contribution is -2.26. The van der Waals surface area contributed by atoms with Gasteiger partial charge in [-0.15, -0.1) is 0 Å². The fourth-order valence-electron chi connectivity index (χ4n) is 4.83. The maximum Gasteiger partial charge on any atom is 0.297 e. The van der Waals surface area contributed by atoms with E-state index in [1.54, 1.807) is 44.4 Å². The summed E-state index contributed by atoms with van der Waals surface area (Å²) in [4.78, 5) is 9.57. The SMILES string of the molecule is COc1ccc2c(c1)-c1nc(Nc3cccc(OCCOS(=O)(=O)c4ccccc4C)c3)ncc1CC2(C)C. The van der Waals surface area contributed by atoms with Crippen LogP contribution in [0.4, 0.5) is 11.6 Å². The summed E-state index contributed by atoms with van der Waals surface area (Å²) in [6, 6.07) is 20.2. The average Bonchev–Trinajstić information content (AvgIpc) is 2.91. The Labute approximate surface area is 229 Å². The molecule has 5 rings (SSSR count). The highest BCUT2D eigenvalue weighted by Crippen LogP contribution is 2.43. The molecule has 39 heavy (non-hydrogen) atoms. The molecule has 0 unspecified atom stereocenters. The molecule has 0 aliphatic heterocycles. The minimum Gasteiger partial charge on any atom is -0.497 e. The summed E-state index contributed by atoms with van der Waals surface area (Å²) in [5.41, 5.74) is 5.58. The van der Waals surface area contributed by atoms with Gasteiger partial charge in [0.25, 0.3) is 10.1 Å². The Morgan fingerprint density at radius 2 is 1.79 bits per heavy atom. The van der Waals surface area contributed by atoms with Crippen LogP contribution in [0.3, 0.4) is 0 Å². The summed E-state index contributed by atoms with van der Waals surface area (Å²) in [6.45, 7) is 6.14. The Bertz CT molecular complexity index is 1620. The number of aryl methyl sites for hydroxylation is 1. The zero-order chi connectivity index (χ0) is 27.6. The molecule has 1 N–H and O–H groups in total. The number of fused-ring (bicyclic) bond motifs is 3. The number of methoxy groups -OCH3 is 1. The molecule has 1 aliphatic rings. The van der Waals surface area contributed by atoms with Crippen LogP contribution in [-0.4, -0.2) is 38.7 Å². The fraction of sp³-hybridized carbons (Fsp3) is 0.267. The Balaban J connectivity index is 1.27. The molecule has 0 saturated heterocycles. The highest BCUT2D eigenvalue weighted by atomic mass is 32.2. The van der Waals surface area contributed by atoms with E-state index in [2.05, 4.69) is 30.2 Å². The third-order valence-electron chi connectivity index (χ3n) is 6.75. The van der Waals surface area contributed by atoms with Crippen LogP contribution in [-0.2, 0) is 26.1 Å². The monoisotopic (exact) mass is 545 g/mol. The van der Waals surface area contributed by atoms with Gasteiger partial charge in [0, 0.05) is 23.5 Å². The largest absolute Gasteiger partial charge is 0.497 e. The van der Waals surface area contributed by atoms with Crippen molar-refractivity contribution in [2.24, 2.45) is 0 Å². The topological polar surface area (TPSA) is 99.6 Å². The van der Waals surface area contributed by atoms with Crippen LogP contribution in [0.15, 0.2) is 77.8 Å². The van der Waals surface area contributed by atoms with Crippen molar-refractivity contribution in [3.8, 4) is 22.8 Å². The van der Waals surface area contributed by atoms with Crippen LogP contribution in [0.5, 0.6) is 11.5 Å². The maximum atomic E-state index is 12.5. The van der Waals surface area contributed by atoms with Crippen molar-refractivity contribution in [2.75, 3.05) is 25.6 Å². The number of aromatic nitrogens is 2. The lowest BCUT2D eigenvalue weighted by molar-refractivity contribution is 0.221. The van der Waals surface area contributed by atoms with Crippen LogP contribution < -0.4 is 14.8 Å². The van der Waals surface area contributed by atoms with Crippen LogP contribution in [0.2, 0.25) is 0 Å². The number of anilines is 2. The Morgan fingerprint density at radius 1 is 0.974 bits per heavy atom. The molecule has 9 heteroatoms. The van der Waals surface area contributed by atoms with E-state index < -0.39 is 10.1 Å². The first-order valence-electron chi connectivity index (χ1n) is 12.7. The molecule has 1 aromatic heterocycles.